The van der Waals surface area contributed by atoms with Crippen molar-refractivity contribution in [2.45, 2.75) is 32.4 Å². The molecule has 1 saturated heterocycles. The lowest BCUT2D eigenvalue weighted by atomic mass is 10.0. The van der Waals surface area contributed by atoms with E-state index in [9.17, 15) is 0 Å². The number of nitrogens with two attached hydrogens (primary N) is 1. The Morgan fingerprint density at radius 3 is 2.67 bits per heavy atom. The first-order valence-corrected chi connectivity index (χ1v) is 6.87. The zero-order chi connectivity index (χ0) is 13.0. The molecular formula is C14H25N3O. The van der Waals surface area contributed by atoms with Crippen LogP contribution in [0.5, 0.6) is 0 Å². The summed E-state index contributed by atoms with van der Waals surface area (Å²) in [5, 5.41) is 0. The highest BCUT2D eigenvalue weighted by atomic mass is 16.3. The molecule has 18 heavy (non-hydrogen) atoms. The second kappa shape index (κ2) is 6.36. The standard InChI is InChI=1S/C14H25N3O/c1-12-3-4-14(18-12)11-16(2)13-5-8-17(9-6-13)10-7-15/h3-4,13H,5-11,15H2,1-2H3. The van der Waals surface area contributed by atoms with Gasteiger partial charge < -0.3 is 15.1 Å². The fourth-order valence-electron chi connectivity index (χ4n) is 2.71. The third-order valence-corrected chi connectivity index (χ3v) is 3.83. The Morgan fingerprint density at radius 2 is 2.11 bits per heavy atom. The average Bonchev–Trinajstić information content (AvgIpc) is 2.76. The lowest BCUT2D eigenvalue weighted by molar-refractivity contribution is 0.120. The molecule has 2 N–H and O–H groups in total. The molecule has 102 valence electrons. The normalized spacial score (nSPS) is 18.7. The molecule has 1 aromatic heterocycles. The summed E-state index contributed by atoms with van der Waals surface area (Å²) in [5.41, 5.74) is 5.59. The van der Waals surface area contributed by atoms with Crippen LogP contribution < -0.4 is 5.73 Å². The minimum absolute atomic E-state index is 0.671. The van der Waals surface area contributed by atoms with Crippen LogP contribution in [0.4, 0.5) is 0 Å². The number of likely N-dealkylation sites (tertiary alicyclic amines) is 1. The molecule has 0 amide bonds. The summed E-state index contributed by atoms with van der Waals surface area (Å²) >= 11 is 0. The minimum Gasteiger partial charge on any atom is -0.465 e. The third-order valence-electron chi connectivity index (χ3n) is 3.83. The van der Waals surface area contributed by atoms with Crippen molar-refractivity contribution in [1.82, 2.24) is 9.80 Å². The molecule has 0 bridgehead atoms. The van der Waals surface area contributed by atoms with Crippen LogP contribution >= 0.6 is 0 Å². The van der Waals surface area contributed by atoms with Gasteiger partial charge >= 0.3 is 0 Å². The van der Waals surface area contributed by atoms with Crippen molar-refractivity contribution in [2.24, 2.45) is 5.73 Å². The molecule has 0 unspecified atom stereocenters. The predicted octanol–water partition coefficient (Wildman–Crippen LogP) is 1.44. The van der Waals surface area contributed by atoms with Gasteiger partial charge in [-0.2, -0.15) is 0 Å². The van der Waals surface area contributed by atoms with Gasteiger partial charge in [-0.25, -0.2) is 0 Å². The van der Waals surface area contributed by atoms with E-state index in [4.69, 9.17) is 10.2 Å². The topological polar surface area (TPSA) is 45.6 Å². The molecule has 0 atom stereocenters. The molecule has 0 aliphatic carbocycles. The number of nitrogens with zero attached hydrogens (tertiary/aromatic N) is 2. The number of rotatable bonds is 5. The monoisotopic (exact) mass is 251 g/mol. The molecule has 0 aromatic carbocycles. The van der Waals surface area contributed by atoms with Gasteiger partial charge in [0.05, 0.1) is 6.54 Å². The largest absolute Gasteiger partial charge is 0.465 e. The highest BCUT2D eigenvalue weighted by Gasteiger charge is 2.22. The van der Waals surface area contributed by atoms with E-state index in [1.807, 2.05) is 13.0 Å². The van der Waals surface area contributed by atoms with Crippen molar-refractivity contribution in [3.05, 3.63) is 23.7 Å². The molecule has 2 heterocycles. The smallest absolute Gasteiger partial charge is 0.118 e. The van der Waals surface area contributed by atoms with Gasteiger partial charge in [-0.05, 0) is 52.0 Å². The molecule has 0 spiro atoms. The van der Waals surface area contributed by atoms with Gasteiger partial charge in [-0.3, -0.25) is 4.90 Å². The SMILES string of the molecule is Cc1ccc(CN(C)C2CCN(CCN)CC2)o1. The first-order valence-electron chi connectivity index (χ1n) is 6.87. The Kier molecular flexibility index (Phi) is 4.80. The number of aryl methyl sites for hydroxylation is 1. The van der Waals surface area contributed by atoms with E-state index in [0.29, 0.717) is 6.04 Å². The molecule has 4 heteroatoms. The van der Waals surface area contributed by atoms with E-state index in [-0.39, 0.29) is 0 Å². The maximum absolute atomic E-state index is 5.64. The van der Waals surface area contributed by atoms with Gasteiger partial charge in [-0.15, -0.1) is 0 Å². The predicted molar refractivity (Wildman–Crippen MR) is 73.4 cm³/mol. The number of hydrogen-bond donors (Lipinski definition) is 1. The Labute approximate surface area is 110 Å². The van der Waals surface area contributed by atoms with Gasteiger partial charge in [0, 0.05) is 19.1 Å². The molecule has 1 aromatic rings. The van der Waals surface area contributed by atoms with Gasteiger partial charge in [0.15, 0.2) is 0 Å². The lowest BCUT2D eigenvalue weighted by Crippen LogP contribution is -2.44. The van der Waals surface area contributed by atoms with Crippen LogP contribution in [0.3, 0.4) is 0 Å². The van der Waals surface area contributed by atoms with Crippen molar-refractivity contribution in [2.75, 3.05) is 33.2 Å². The Balaban J connectivity index is 1.78. The zero-order valence-electron chi connectivity index (χ0n) is 11.6. The van der Waals surface area contributed by atoms with Crippen LogP contribution in [-0.2, 0) is 6.54 Å². The fourth-order valence-corrected chi connectivity index (χ4v) is 2.71. The third kappa shape index (κ3) is 3.57. The minimum atomic E-state index is 0.671. The first-order chi connectivity index (χ1) is 8.69. The van der Waals surface area contributed by atoms with E-state index >= 15 is 0 Å². The Morgan fingerprint density at radius 1 is 1.39 bits per heavy atom. The van der Waals surface area contributed by atoms with Gasteiger partial charge in [0.2, 0.25) is 0 Å². The summed E-state index contributed by atoms with van der Waals surface area (Å²) in [7, 11) is 2.20. The molecule has 1 aliphatic rings. The molecule has 1 aliphatic heterocycles. The van der Waals surface area contributed by atoms with Gasteiger partial charge in [-0.1, -0.05) is 0 Å². The Hall–Kier alpha value is -0.840. The van der Waals surface area contributed by atoms with Crippen molar-refractivity contribution in [3.63, 3.8) is 0 Å². The van der Waals surface area contributed by atoms with E-state index in [1.165, 1.54) is 25.9 Å². The van der Waals surface area contributed by atoms with Crippen molar-refractivity contribution in [1.29, 1.82) is 0 Å². The van der Waals surface area contributed by atoms with Gasteiger partial charge in [0.25, 0.3) is 0 Å². The zero-order valence-corrected chi connectivity index (χ0v) is 11.6. The molecule has 4 nitrogen and oxygen atoms in total. The molecule has 0 saturated carbocycles. The number of furan rings is 1. The summed E-state index contributed by atoms with van der Waals surface area (Å²) in [6.07, 6.45) is 2.46. The van der Waals surface area contributed by atoms with E-state index in [0.717, 1.165) is 31.2 Å². The summed E-state index contributed by atoms with van der Waals surface area (Å²) in [4.78, 5) is 4.87. The van der Waals surface area contributed by atoms with E-state index in [1.54, 1.807) is 0 Å². The molecule has 2 rings (SSSR count). The second-order valence-electron chi connectivity index (χ2n) is 5.29. The van der Waals surface area contributed by atoms with Gasteiger partial charge in [0.1, 0.15) is 11.5 Å². The van der Waals surface area contributed by atoms with Crippen LogP contribution in [0.15, 0.2) is 16.5 Å². The van der Waals surface area contributed by atoms with Crippen LogP contribution in [0.25, 0.3) is 0 Å². The van der Waals surface area contributed by atoms with Crippen molar-refractivity contribution >= 4 is 0 Å². The van der Waals surface area contributed by atoms with Crippen LogP contribution in [0.2, 0.25) is 0 Å². The summed E-state index contributed by atoms with van der Waals surface area (Å²) < 4.78 is 5.64. The summed E-state index contributed by atoms with van der Waals surface area (Å²) in [6, 6.07) is 4.78. The Bertz CT molecular complexity index is 356. The average molecular weight is 251 g/mol. The first kappa shape index (κ1) is 13.6. The summed E-state index contributed by atoms with van der Waals surface area (Å²) in [6.45, 7) is 7.05. The van der Waals surface area contributed by atoms with E-state index in [2.05, 4.69) is 22.9 Å². The molecule has 1 fully saturated rings. The maximum atomic E-state index is 5.64. The van der Waals surface area contributed by atoms with Crippen LogP contribution in [0, 0.1) is 6.92 Å². The highest BCUT2D eigenvalue weighted by Crippen LogP contribution is 2.18. The molecule has 0 radical (unpaired) electrons. The quantitative estimate of drug-likeness (QED) is 0.860. The summed E-state index contributed by atoms with van der Waals surface area (Å²) in [5.74, 6) is 2.07. The van der Waals surface area contributed by atoms with Crippen LogP contribution in [0.1, 0.15) is 24.4 Å². The molecular weight excluding hydrogens is 226 g/mol. The maximum Gasteiger partial charge on any atom is 0.118 e. The number of piperidine rings is 1. The van der Waals surface area contributed by atoms with E-state index < -0.39 is 0 Å². The van der Waals surface area contributed by atoms with Crippen molar-refractivity contribution in [3.8, 4) is 0 Å². The second-order valence-corrected chi connectivity index (χ2v) is 5.29. The van der Waals surface area contributed by atoms with Crippen molar-refractivity contribution < 1.29 is 4.42 Å². The fraction of sp³-hybridized carbons (Fsp3) is 0.714. The lowest BCUT2D eigenvalue weighted by Gasteiger charge is -2.36. The highest BCUT2D eigenvalue weighted by molar-refractivity contribution is 5.05. The number of hydrogen-bond acceptors (Lipinski definition) is 4. The van der Waals surface area contributed by atoms with Crippen LogP contribution in [-0.4, -0.2) is 49.1 Å².